The van der Waals surface area contributed by atoms with E-state index < -0.39 is 5.60 Å². The van der Waals surface area contributed by atoms with E-state index in [9.17, 15) is 9.90 Å². The Hall–Kier alpha value is -0.650. The average Bonchev–Trinajstić information content (AvgIpc) is 3.53. The Balaban J connectivity index is 1.20. The molecule has 1 N–H and O–H groups in total. The van der Waals surface area contributed by atoms with Crippen molar-refractivity contribution >= 4 is 5.97 Å². The Morgan fingerprint density at radius 2 is 1.69 bits per heavy atom. The van der Waals surface area contributed by atoms with Crippen LogP contribution < -0.4 is 0 Å². The molecule has 5 heteroatoms. The Bertz CT molecular complexity index is 678. The molecule has 5 nitrogen and oxygen atoms in total. The Morgan fingerprint density at radius 3 is 2.34 bits per heavy atom. The highest BCUT2D eigenvalue weighted by atomic mass is 16.6. The van der Waals surface area contributed by atoms with Gasteiger partial charge in [-0.1, -0.05) is 26.7 Å². The van der Waals surface area contributed by atoms with Gasteiger partial charge >= 0.3 is 5.97 Å². The van der Waals surface area contributed by atoms with Gasteiger partial charge in [-0.3, -0.25) is 4.79 Å². The van der Waals surface area contributed by atoms with Gasteiger partial charge in [0.05, 0.1) is 36.4 Å². The summed E-state index contributed by atoms with van der Waals surface area (Å²) in [5, 5.41) is 11.3. The maximum atomic E-state index is 13.0. The van der Waals surface area contributed by atoms with Crippen molar-refractivity contribution in [2.75, 3.05) is 0 Å². The molecule has 0 radical (unpaired) electrons. The van der Waals surface area contributed by atoms with E-state index in [0.29, 0.717) is 36.2 Å². The van der Waals surface area contributed by atoms with E-state index in [1.54, 1.807) is 0 Å². The van der Waals surface area contributed by atoms with E-state index >= 15 is 0 Å². The minimum Gasteiger partial charge on any atom is -0.459 e. The number of hydrogen-bond donors (Lipinski definition) is 1. The SMILES string of the molecule is CCC1OC(CC)C2C3OC(CC3CC(C)(O)CC(=O)OC3(C4CCCC4)CCCC3)C12. The standard InChI is InChI=1S/C27H44O5/c1-4-19-23-21-14-17(25(31-21)24(23)20(5-2)30-19)15-26(3,29)16-22(28)32-27(12-8-9-13-27)18-10-6-7-11-18/h17-21,23-25,29H,4-16H2,1-3H3. The van der Waals surface area contributed by atoms with E-state index in [1.165, 1.54) is 25.7 Å². The van der Waals surface area contributed by atoms with Gasteiger partial charge in [0.1, 0.15) is 5.60 Å². The first kappa shape index (κ1) is 23.1. The molecule has 0 aromatic heterocycles. The third-order valence-corrected chi connectivity index (χ3v) is 9.69. The van der Waals surface area contributed by atoms with Crippen LogP contribution in [-0.4, -0.2) is 46.7 Å². The minimum atomic E-state index is -1.05. The third kappa shape index (κ3) is 4.05. The summed E-state index contributed by atoms with van der Waals surface area (Å²) in [5.41, 5.74) is -1.30. The van der Waals surface area contributed by atoms with Crippen LogP contribution in [0, 0.1) is 23.7 Å². The largest absolute Gasteiger partial charge is 0.459 e. The number of hydrogen-bond acceptors (Lipinski definition) is 5. The number of aliphatic hydroxyl groups is 1. The van der Waals surface area contributed by atoms with Crippen LogP contribution in [0.5, 0.6) is 0 Å². The van der Waals surface area contributed by atoms with Crippen molar-refractivity contribution in [3.05, 3.63) is 0 Å². The quantitative estimate of drug-likeness (QED) is 0.519. The van der Waals surface area contributed by atoms with Gasteiger partial charge in [-0.15, -0.1) is 0 Å². The van der Waals surface area contributed by atoms with Crippen LogP contribution in [0.1, 0.15) is 104 Å². The summed E-state index contributed by atoms with van der Waals surface area (Å²) < 4.78 is 19.0. The van der Waals surface area contributed by atoms with Gasteiger partial charge in [-0.05, 0) is 83.0 Å². The average molecular weight is 449 g/mol. The van der Waals surface area contributed by atoms with Crippen LogP contribution in [0.2, 0.25) is 0 Å². The summed E-state index contributed by atoms with van der Waals surface area (Å²) in [7, 11) is 0. The van der Waals surface area contributed by atoms with Gasteiger partial charge < -0.3 is 19.3 Å². The molecule has 3 heterocycles. The molecule has 5 rings (SSSR count). The zero-order valence-corrected chi connectivity index (χ0v) is 20.4. The molecule has 8 unspecified atom stereocenters. The monoisotopic (exact) mass is 448 g/mol. The number of esters is 1. The summed E-state index contributed by atoms with van der Waals surface area (Å²) in [6.07, 6.45) is 14.0. The van der Waals surface area contributed by atoms with E-state index in [1.807, 2.05) is 6.92 Å². The van der Waals surface area contributed by atoms with Gasteiger partial charge in [0, 0.05) is 11.8 Å². The fourth-order valence-electron chi connectivity index (χ4n) is 8.44. The van der Waals surface area contributed by atoms with Crippen molar-refractivity contribution in [3.8, 4) is 0 Å². The normalized spacial score (nSPS) is 42.3. The molecule has 8 atom stereocenters. The summed E-state index contributed by atoms with van der Waals surface area (Å²) in [4.78, 5) is 13.0. The van der Waals surface area contributed by atoms with Crippen LogP contribution in [0.25, 0.3) is 0 Å². The molecule has 0 amide bonds. The Morgan fingerprint density at radius 1 is 1.03 bits per heavy atom. The molecule has 3 saturated heterocycles. The van der Waals surface area contributed by atoms with Crippen LogP contribution in [0.15, 0.2) is 0 Å². The molecule has 5 aliphatic rings. The van der Waals surface area contributed by atoms with Gasteiger partial charge in [-0.25, -0.2) is 0 Å². The first-order valence-electron chi connectivity index (χ1n) is 13.6. The topological polar surface area (TPSA) is 65.0 Å². The number of fused-ring (bicyclic) bond motifs is 5. The summed E-state index contributed by atoms with van der Waals surface area (Å²) >= 11 is 0. The zero-order chi connectivity index (χ0) is 22.5. The number of carbonyl (C=O) groups excluding carboxylic acids is 1. The second-order valence-electron chi connectivity index (χ2n) is 11.9. The van der Waals surface area contributed by atoms with Gasteiger partial charge in [0.15, 0.2) is 0 Å². The summed E-state index contributed by atoms with van der Waals surface area (Å²) in [6.45, 7) is 6.24. The number of ether oxygens (including phenoxy) is 3. The third-order valence-electron chi connectivity index (χ3n) is 9.69. The molecular weight excluding hydrogens is 404 g/mol. The van der Waals surface area contributed by atoms with E-state index in [0.717, 1.165) is 44.9 Å². The first-order valence-corrected chi connectivity index (χ1v) is 13.6. The summed E-state index contributed by atoms with van der Waals surface area (Å²) in [5.74, 6) is 1.57. The maximum Gasteiger partial charge on any atom is 0.309 e. The number of rotatable bonds is 8. The van der Waals surface area contributed by atoms with Crippen molar-refractivity contribution in [2.24, 2.45) is 23.7 Å². The molecule has 5 fully saturated rings. The highest BCUT2D eigenvalue weighted by molar-refractivity contribution is 5.71. The molecule has 0 aromatic rings. The lowest BCUT2D eigenvalue weighted by atomic mass is 9.68. The highest BCUT2D eigenvalue weighted by Gasteiger charge is 2.62. The lowest BCUT2D eigenvalue weighted by Crippen LogP contribution is -2.43. The van der Waals surface area contributed by atoms with Crippen molar-refractivity contribution < 1.29 is 24.1 Å². The van der Waals surface area contributed by atoms with Crippen LogP contribution in [0.4, 0.5) is 0 Å². The van der Waals surface area contributed by atoms with Crippen LogP contribution >= 0.6 is 0 Å². The van der Waals surface area contributed by atoms with E-state index in [2.05, 4.69) is 13.8 Å². The molecular formula is C27H44O5. The van der Waals surface area contributed by atoms with Crippen LogP contribution in [-0.2, 0) is 19.0 Å². The smallest absolute Gasteiger partial charge is 0.309 e. The molecule has 2 saturated carbocycles. The maximum absolute atomic E-state index is 13.0. The predicted molar refractivity (Wildman–Crippen MR) is 122 cm³/mol. The van der Waals surface area contributed by atoms with Gasteiger partial charge in [0.2, 0.25) is 0 Å². The second kappa shape index (κ2) is 8.85. The molecule has 32 heavy (non-hydrogen) atoms. The lowest BCUT2D eigenvalue weighted by Gasteiger charge is -2.37. The van der Waals surface area contributed by atoms with Gasteiger partial charge in [0.25, 0.3) is 0 Å². The number of carbonyl (C=O) groups is 1. The Kier molecular flexibility index (Phi) is 6.39. The fourth-order valence-corrected chi connectivity index (χ4v) is 8.44. The lowest BCUT2D eigenvalue weighted by molar-refractivity contribution is -0.171. The predicted octanol–water partition coefficient (Wildman–Crippen LogP) is 5.17. The second-order valence-corrected chi connectivity index (χ2v) is 11.9. The van der Waals surface area contributed by atoms with Crippen molar-refractivity contribution in [1.82, 2.24) is 0 Å². The molecule has 2 aliphatic carbocycles. The zero-order valence-electron chi connectivity index (χ0n) is 20.4. The van der Waals surface area contributed by atoms with Crippen LogP contribution in [0.3, 0.4) is 0 Å². The van der Waals surface area contributed by atoms with Crippen molar-refractivity contribution in [3.63, 3.8) is 0 Å². The molecule has 0 aromatic carbocycles. The summed E-state index contributed by atoms with van der Waals surface area (Å²) in [6, 6.07) is 0. The first-order chi connectivity index (χ1) is 15.4. The van der Waals surface area contributed by atoms with E-state index in [-0.39, 0.29) is 36.3 Å². The van der Waals surface area contributed by atoms with E-state index in [4.69, 9.17) is 14.2 Å². The fraction of sp³-hybridized carbons (Fsp3) is 0.963. The minimum absolute atomic E-state index is 0.0920. The highest BCUT2D eigenvalue weighted by Crippen LogP contribution is 2.56. The van der Waals surface area contributed by atoms with Gasteiger partial charge in [-0.2, -0.15) is 0 Å². The van der Waals surface area contributed by atoms with Crippen molar-refractivity contribution in [1.29, 1.82) is 0 Å². The Labute approximate surface area is 193 Å². The molecule has 0 spiro atoms. The van der Waals surface area contributed by atoms with Crippen molar-refractivity contribution in [2.45, 2.75) is 140 Å². The molecule has 3 aliphatic heterocycles. The molecule has 182 valence electrons. The molecule has 2 bridgehead atoms.